The van der Waals surface area contributed by atoms with Gasteiger partial charge < -0.3 is 9.84 Å². The first-order valence-corrected chi connectivity index (χ1v) is 11.2. The van der Waals surface area contributed by atoms with E-state index in [1.807, 2.05) is 45.9 Å². The van der Waals surface area contributed by atoms with Crippen LogP contribution in [0.1, 0.15) is 53.8 Å². The first-order valence-electron chi connectivity index (χ1n) is 11.2. The molecule has 1 unspecified atom stereocenters. The summed E-state index contributed by atoms with van der Waals surface area (Å²) in [5, 5.41) is 11.4. The van der Waals surface area contributed by atoms with Crippen LogP contribution in [0.25, 0.3) is 5.76 Å². The van der Waals surface area contributed by atoms with Crippen molar-refractivity contribution in [3.63, 3.8) is 0 Å². The Morgan fingerprint density at radius 3 is 2.32 bits per heavy atom. The summed E-state index contributed by atoms with van der Waals surface area (Å²) in [5.41, 5.74) is 4.38. The van der Waals surface area contributed by atoms with E-state index in [1.165, 1.54) is 4.90 Å². The van der Waals surface area contributed by atoms with E-state index in [0.717, 1.165) is 16.7 Å². The number of hydrogen-bond acceptors (Lipinski definition) is 5. The van der Waals surface area contributed by atoms with Crippen molar-refractivity contribution in [3.05, 3.63) is 94.3 Å². The van der Waals surface area contributed by atoms with Gasteiger partial charge >= 0.3 is 0 Å². The van der Waals surface area contributed by atoms with Gasteiger partial charge in [-0.1, -0.05) is 26.0 Å². The standard InChI is InChI=1S/C28H28N2O4/c1-16(2)21-15-19(9-10-23(21)34-5)26(31)24-25(22-8-6-7-11-29-22)30(28(33)27(24)32)20-13-17(3)12-18(4)14-20/h6-16,25,31H,1-5H3/b26-24-. The first kappa shape index (κ1) is 23.2. The number of anilines is 1. The van der Waals surface area contributed by atoms with Crippen LogP contribution < -0.4 is 9.64 Å². The Kier molecular flexibility index (Phi) is 6.24. The number of amides is 1. The molecule has 0 saturated carbocycles. The highest BCUT2D eigenvalue weighted by molar-refractivity contribution is 6.51. The largest absolute Gasteiger partial charge is 0.507 e. The second kappa shape index (κ2) is 9.14. The van der Waals surface area contributed by atoms with Gasteiger partial charge in [0.1, 0.15) is 17.6 Å². The third-order valence-electron chi connectivity index (χ3n) is 6.02. The van der Waals surface area contributed by atoms with Crippen molar-refractivity contribution in [2.75, 3.05) is 12.0 Å². The molecule has 1 amide bonds. The molecule has 4 rings (SSSR count). The molecular formula is C28H28N2O4. The zero-order valence-corrected chi connectivity index (χ0v) is 20.0. The van der Waals surface area contributed by atoms with Gasteiger partial charge in [-0.05, 0) is 78.9 Å². The van der Waals surface area contributed by atoms with E-state index < -0.39 is 17.7 Å². The van der Waals surface area contributed by atoms with Gasteiger partial charge in [-0.2, -0.15) is 0 Å². The molecule has 0 spiro atoms. The van der Waals surface area contributed by atoms with Crippen LogP contribution in [0, 0.1) is 13.8 Å². The summed E-state index contributed by atoms with van der Waals surface area (Å²) in [7, 11) is 1.59. The Bertz CT molecular complexity index is 1270. The van der Waals surface area contributed by atoms with Gasteiger partial charge in [0, 0.05) is 17.4 Å². The summed E-state index contributed by atoms with van der Waals surface area (Å²) in [6, 6.07) is 15.5. The molecule has 1 atom stereocenters. The van der Waals surface area contributed by atoms with Crippen LogP contribution in [0.15, 0.2) is 66.4 Å². The van der Waals surface area contributed by atoms with Crippen LogP contribution in [0.4, 0.5) is 5.69 Å². The van der Waals surface area contributed by atoms with Gasteiger partial charge in [0.05, 0.1) is 18.4 Å². The number of pyridine rings is 1. The molecule has 0 aliphatic carbocycles. The topological polar surface area (TPSA) is 79.7 Å². The zero-order valence-electron chi connectivity index (χ0n) is 20.0. The fourth-order valence-electron chi connectivity index (χ4n) is 4.49. The number of aromatic nitrogens is 1. The predicted octanol–water partition coefficient (Wildman–Crippen LogP) is 5.46. The maximum Gasteiger partial charge on any atom is 0.300 e. The minimum Gasteiger partial charge on any atom is -0.507 e. The van der Waals surface area contributed by atoms with E-state index in [1.54, 1.807) is 49.7 Å². The lowest BCUT2D eigenvalue weighted by Crippen LogP contribution is -2.30. The lowest BCUT2D eigenvalue weighted by Gasteiger charge is -2.25. The van der Waals surface area contributed by atoms with Crippen LogP contribution >= 0.6 is 0 Å². The molecular weight excluding hydrogens is 428 g/mol. The number of aliphatic hydroxyl groups excluding tert-OH is 1. The molecule has 2 heterocycles. The molecule has 1 aromatic heterocycles. The van der Waals surface area contributed by atoms with E-state index in [9.17, 15) is 14.7 Å². The lowest BCUT2D eigenvalue weighted by molar-refractivity contribution is -0.132. The number of ketones is 1. The molecule has 1 saturated heterocycles. The summed E-state index contributed by atoms with van der Waals surface area (Å²) in [4.78, 5) is 32.5. The van der Waals surface area contributed by atoms with Crippen molar-refractivity contribution in [2.45, 2.75) is 39.7 Å². The monoisotopic (exact) mass is 456 g/mol. The molecule has 3 aromatic rings. The Morgan fingerprint density at radius 2 is 1.74 bits per heavy atom. The highest BCUT2D eigenvalue weighted by atomic mass is 16.5. The third-order valence-corrected chi connectivity index (χ3v) is 6.02. The molecule has 6 nitrogen and oxygen atoms in total. The second-order valence-electron chi connectivity index (χ2n) is 8.88. The number of methoxy groups -OCH3 is 1. The van der Waals surface area contributed by atoms with Crippen molar-refractivity contribution in [1.82, 2.24) is 4.98 Å². The van der Waals surface area contributed by atoms with Crippen LogP contribution in [-0.2, 0) is 9.59 Å². The molecule has 1 N–H and O–H groups in total. The number of aryl methyl sites for hydroxylation is 2. The predicted molar refractivity (Wildman–Crippen MR) is 132 cm³/mol. The lowest BCUT2D eigenvalue weighted by atomic mass is 9.94. The van der Waals surface area contributed by atoms with E-state index >= 15 is 0 Å². The van der Waals surface area contributed by atoms with Crippen LogP contribution in [-0.4, -0.2) is 28.9 Å². The van der Waals surface area contributed by atoms with Crippen molar-refractivity contribution in [1.29, 1.82) is 0 Å². The first-order chi connectivity index (χ1) is 16.2. The molecule has 0 bridgehead atoms. The van der Waals surface area contributed by atoms with Gasteiger partial charge in [-0.3, -0.25) is 19.5 Å². The summed E-state index contributed by atoms with van der Waals surface area (Å²) in [6.07, 6.45) is 1.61. The quantitative estimate of drug-likeness (QED) is 0.313. The zero-order chi connectivity index (χ0) is 24.6. The summed E-state index contributed by atoms with van der Waals surface area (Å²) in [6.45, 7) is 7.92. The number of ether oxygens (including phenoxy) is 1. The molecule has 2 aromatic carbocycles. The maximum absolute atomic E-state index is 13.3. The molecule has 0 radical (unpaired) electrons. The van der Waals surface area contributed by atoms with E-state index in [-0.39, 0.29) is 17.3 Å². The molecule has 1 aliphatic heterocycles. The number of nitrogens with zero attached hydrogens (tertiary/aromatic N) is 2. The van der Waals surface area contributed by atoms with Gasteiger partial charge in [0.15, 0.2) is 0 Å². The van der Waals surface area contributed by atoms with Crippen molar-refractivity contribution in [3.8, 4) is 5.75 Å². The Balaban J connectivity index is 1.95. The van der Waals surface area contributed by atoms with Crippen LogP contribution in [0.5, 0.6) is 5.75 Å². The van der Waals surface area contributed by atoms with Crippen molar-refractivity contribution < 1.29 is 19.4 Å². The fourth-order valence-corrected chi connectivity index (χ4v) is 4.49. The second-order valence-corrected chi connectivity index (χ2v) is 8.88. The van der Waals surface area contributed by atoms with Gasteiger partial charge in [-0.25, -0.2) is 0 Å². The highest BCUT2D eigenvalue weighted by Crippen LogP contribution is 2.42. The van der Waals surface area contributed by atoms with Crippen LogP contribution in [0.2, 0.25) is 0 Å². The maximum atomic E-state index is 13.3. The molecule has 1 fully saturated rings. The van der Waals surface area contributed by atoms with Gasteiger partial charge in [-0.15, -0.1) is 0 Å². The van der Waals surface area contributed by atoms with E-state index in [4.69, 9.17) is 4.74 Å². The van der Waals surface area contributed by atoms with Gasteiger partial charge in [0.25, 0.3) is 11.7 Å². The number of carbonyl (C=O) groups is 2. The van der Waals surface area contributed by atoms with E-state index in [2.05, 4.69) is 4.98 Å². The average Bonchev–Trinajstić information content (AvgIpc) is 3.08. The van der Waals surface area contributed by atoms with E-state index in [0.29, 0.717) is 22.7 Å². The van der Waals surface area contributed by atoms with Gasteiger partial charge in [0.2, 0.25) is 0 Å². The molecule has 6 heteroatoms. The number of Topliss-reactive ketones (excluding diaryl/α,β-unsaturated/α-hetero) is 1. The van der Waals surface area contributed by atoms with Crippen molar-refractivity contribution in [2.24, 2.45) is 0 Å². The highest BCUT2D eigenvalue weighted by Gasteiger charge is 2.47. The molecule has 174 valence electrons. The summed E-state index contributed by atoms with van der Waals surface area (Å²) in [5.74, 6) is -0.838. The normalized spacial score (nSPS) is 17.5. The third kappa shape index (κ3) is 4.07. The fraction of sp³-hybridized carbons (Fsp3) is 0.250. The number of aliphatic hydroxyl groups is 1. The number of carbonyl (C=O) groups excluding carboxylic acids is 2. The molecule has 1 aliphatic rings. The number of benzene rings is 2. The summed E-state index contributed by atoms with van der Waals surface area (Å²) < 4.78 is 5.46. The Morgan fingerprint density at radius 1 is 1.03 bits per heavy atom. The minimum atomic E-state index is -0.855. The Labute approximate surface area is 199 Å². The SMILES string of the molecule is COc1ccc(/C(O)=C2/C(=O)C(=O)N(c3cc(C)cc(C)c3)C2c2ccccn2)cc1C(C)C. The molecule has 34 heavy (non-hydrogen) atoms. The minimum absolute atomic E-state index is 0.0164. The number of rotatable bonds is 5. The summed E-state index contributed by atoms with van der Waals surface area (Å²) >= 11 is 0. The van der Waals surface area contributed by atoms with Crippen LogP contribution in [0.3, 0.4) is 0 Å². The van der Waals surface area contributed by atoms with Crippen molar-refractivity contribution >= 4 is 23.1 Å². The smallest absolute Gasteiger partial charge is 0.300 e. The Hall–Kier alpha value is -3.93. The average molecular weight is 457 g/mol. The number of hydrogen-bond donors (Lipinski definition) is 1.